The molecule has 0 fully saturated rings. The lowest BCUT2D eigenvalue weighted by Crippen LogP contribution is -2.39. The van der Waals surface area contributed by atoms with E-state index in [9.17, 15) is 14.9 Å². The first kappa shape index (κ1) is 14.3. The standard InChI is InChI=1S/C14H19N3O3/c1-10(2)5-7-15-14(18)16-8-6-11-3-4-12(17(19)20)9-13(11)16/h3-4,9-10H,5-8H2,1-2H3,(H,15,18). The molecule has 6 nitrogen and oxygen atoms in total. The molecule has 0 spiro atoms. The van der Waals surface area contributed by atoms with Crippen LogP contribution < -0.4 is 10.2 Å². The summed E-state index contributed by atoms with van der Waals surface area (Å²) >= 11 is 0. The fraction of sp³-hybridized carbons (Fsp3) is 0.500. The second-order valence-electron chi connectivity index (χ2n) is 5.39. The highest BCUT2D eigenvalue weighted by molar-refractivity contribution is 5.94. The number of hydrogen-bond donors (Lipinski definition) is 1. The van der Waals surface area contributed by atoms with Gasteiger partial charge in [0.1, 0.15) is 0 Å². The zero-order valence-electron chi connectivity index (χ0n) is 11.8. The molecule has 2 rings (SSSR count). The topological polar surface area (TPSA) is 75.5 Å². The van der Waals surface area contributed by atoms with E-state index < -0.39 is 4.92 Å². The lowest BCUT2D eigenvalue weighted by molar-refractivity contribution is -0.384. The zero-order valence-corrected chi connectivity index (χ0v) is 11.8. The summed E-state index contributed by atoms with van der Waals surface area (Å²) < 4.78 is 0. The van der Waals surface area contributed by atoms with Crippen LogP contribution in [0, 0.1) is 16.0 Å². The first-order valence-corrected chi connectivity index (χ1v) is 6.81. The summed E-state index contributed by atoms with van der Waals surface area (Å²) in [5, 5.41) is 13.7. The summed E-state index contributed by atoms with van der Waals surface area (Å²) in [6.45, 7) is 5.39. The van der Waals surface area contributed by atoms with Gasteiger partial charge in [0.2, 0.25) is 0 Å². The lowest BCUT2D eigenvalue weighted by Gasteiger charge is -2.18. The Balaban J connectivity index is 2.08. The van der Waals surface area contributed by atoms with Crippen molar-refractivity contribution >= 4 is 17.4 Å². The van der Waals surface area contributed by atoms with Crippen molar-refractivity contribution in [2.75, 3.05) is 18.0 Å². The van der Waals surface area contributed by atoms with Gasteiger partial charge in [-0.25, -0.2) is 4.79 Å². The number of amides is 2. The highest BCUT2D eigenvalue weighted by Crippen LogP contribution is 2.31. The zero-order chi connectivity index (χ0) is 14.7. The van der Waals surface area contributed by atoms with Gasteiger partial charge in [0.25, 0.3) is 5.69 Å². The molecule has 1 heterocycles. The molecule has 0 saturated heterocycles. The van der Waals surface area contributed by atoms with Crippen molar-refractivity contribution in [3.63, 3.8) is 0 Å². The number of hydrogen-bond acceptors (Lipinski definition) is 3. The van der Waals surface area contributed by atoms with E-state index in [4.69, 9.17) is 0 Å². The van der Waals surface area contributed by atoms with Crippen LogP contribution in [0.25, 0.3) is 0 Å². The van der Waals surface area contributed by atoms with Crippen LogP contribution in [-0.2, 0) is 6.42 Å². The molecule has 1 aliphatic heterocycles. The number of non-ortho nitro benzene ring substituents is 1. The first-order valence-electron chi connectivity index (χ1n) is 6.81. The van der Waals surface area contributed by atoms with Crippen molar-refractivity contribution in [2.45, 2.75) is 26.7 Å². The molecule has 0 radical (unpaired) electrons. The van der Waals surface area contributed by atoms with Gasteiger partial charge in [-0.2, -0.15) is 0 Å². The molecule has 20 heavy (non-hydrogen) atoms. The van der Waals surface area contributed by atoms with E-state index in [-0.39, 0.29) is 11.7 Å². The van der Waals surface area contributed by atoms with E-state index in [0.29, 0.717) is 24.7 Å². The number of benzene rings is 1. The smallest absolute Gasteiger partial charge is 0.321 e. The average Bonchev–Trinajstić information content (AvgIpc) is 2.80. The molecule has 0 atom stereocenters. The fourth-order valence-corrected chi connectivity index (χ4v) is 2.26. The number of nitrogens with one attached hydrogen (secondary N) is 1. The highest BCUT2D eigenvalue weighted by atomic mass is 16.6. The van der Waals surface area contributed by atoms with Gasteiger partial charge in [0.05, 0.1) is 10.6 Å². The number of nitro groups is 1. The van der Waals surface area contributed by atoms with Crippen molar-refractivity contribution in [3.8, 4) is 0 Å². The van der Waals surface area contributed by atoms with Gasteiger partial charge in [-0.1, -0.05) is 19.9 Å². The Morgan fingerprint density at radius 2 is 2.25 bits per heavy atom. The third-order valence-corrected chi connectivity index (χ3v) is 3.42. The Morgan fingerprint density at radius 3 is 2.90 bits per heavy atom. The summed E-state index contributed by atoms with van der Waals surface area (Å²) in [5.74, 6) is 0.530. The van der Waals surface area contributed by atoms with Crippen LogP contribution in [0.5, 0.6) is 0 Å². The van der Waals surface area contributed by atoms with Crippen LogP contribution in [0.2, 0.25) is 0 Å². The van der Waals surface area contributed by atoms with E-state index in [1.165, 1.54) is 12.1 Å². The van der Waals surface area contributed by atoms with Crippen molar-refractivity contribution < 1.29 is 9.72 Å². The molecule has 2 amide bonds. The third kappa shape index (κ3) is 3.07. The quantitative estimate of drug-likeness (QED) is 0.679. The fourth-order valence-electron chi connectivity index (χ4n) is 2.26. The largest absolute Gasteiger partial charge is 0.338 e. The number of rotatable bonds is 4. The maximum Gasteiger partial charge on any atom is 0.321 e. The Kier molecular flexibility index (Phi) is 4.22. The molecule has 1 aromatic rings. The van der Waals surface area contributed by atoms with Gasteiger partial charge >= 0.3 is 6.03 Å². The second-order valence-corrected chi connectivity index (χ2v) is 5.39. The number of anilines is 1. The van der Waals surface area contributed by atoms with Crippen molar-refractivity contribution in [1.82, 2.24) is 5.32 Å². The molecule has 0 aliphatic carbocycles. The maximum atomic E-state index is 12.1. The molecule has 1 N–H and O–H groups in total. The van der Waals surface area contributed by atoms with E-state index >= 15 is 0 Å². The number of nitrogens with zero attached hydrogens (tertiary/aromatic N) is 2. The van der Waals surface area contributed by atoms with E-state index in [2.05, 4.69) is 19.2 Å². The van der Waals surface area contributed by atoms with Crippen molar-refractivity contribution in [2.24, 2.45) is 5.92 Å². The summed E-state index contributed by atoms with van der Waals surface area (Å²) in [7, 11) is 0. The normalized spacial score (nSPS) is 13.4. The molecule has 0 bridgehead atoms. The molecule has 1 aliphatic rings. The van der Waals surface area contributed by atoms with E-state index in [0.717, 1.165) is 18.4 Å². The summed E-state index contributed by atoms with van der Waals surface area (Å²) in [6.07, 6.45) is 1.66. The summed E-state index contributed by atoms with van der Waals surface area (Å²) in [6, 6.07) is 4.52. The van der Waals surface area contributed by atoms with Gasteiger partial charge < -0.3 is 5.32 Å². The highest BCUT2D eigenvalue weighted by Gasteiger charge is 2.26. The molecule has 108 valence electrons. The van der Waals surface area contributed by atoms with Gasteiger partial charge in [-0.05, 0) is 24.3 Å². The Labute approximate surface area is 117 Å². The van der Waals surface area contributed by atoms with Crippen LogP contribution >= 0.6 is 0 Å². The Bertz CT molecular complexity index is 528. The van der Waals surface area contributed by atoms with E-state index in [1.54, 1.807) is 11.0 Å². The van der Waals surface area contributed by atoms with Crippen LogP contribution in [0.4, 0.5) is 16.2 Å². The molecule has 1 aromatic carbocycles. The van der Waals surface area contributed by atoms with Crippen LogP contribution in [0.3, 0.4) is 0 Å². The number of carbonyl (C=O) groups is 1. The Hall–Kier alpha value is -2.11. The number of urea groups is 1. The second kappa shape index (κ2) is 5.90. The van der Waals surface area contributed by atoms with Gasteiger partial charge in [-0.15, -0.1) is 0 Å². The number of nitro benzene ring substituents is 1. The third-order valence-electron chi connectivity index (χ3n) is 3.42. The SMILES string of the molecule is CC(C)CCNC(=O)N1CCc2ccc([N+](=O)[O-])cc21. The van der Waals surface area contributed by atoms with E-state index in [1.807, 2.05) is 0 Å². The molecular formula is C14H19N3O3. The van der Waals surface area contributed by atoms with Gasteiger partial charge in [0, 0.05) is 25.2 Å². The molecule has 0 saturated carbocycles. The minimum atomic E-state index is -0.437. The molecule has 6 heteroatoms. The van der Waals surface area contributed by atoms with Crippen molar-refractivity contribution in [3.05, 3.63) is 33.9 Å². The summed E-state index contributed by atoms with van der Waals surface area (Å²) in [4.78, 5) is 24.1. The van der Waals surface area contributed by atoms with Gasteiger partial charge in [0.15, 0.2) is 0 Å². The number of fused-ring (bicyclic) bond motifs is 1. The Morgan fingerprint density at radius 1 is 1.50 bits per heavy atom. The predicted octanol–water partition coefficient (Wildman–Crippen LogP) is 2.71. The lowest BCUT2D eigenvalue weighted by atomic mass is 10.1. The van der Waals surface area contributed by atoms with Crippen LogP contribution in [-0.4, -0.2) is 24.0 Å². The molecule has 0 unspecified atom stereocenters. The minimum Gasteiger partial charge on any atom is -0.338 e. The van der Waals surface area contributed by atoms with Gasteiger partial charge in [-0.3, -0.25) is 15.0 Å². The van der Waals surface area contributed by atoms with Crippen LogP contribution in [0.15, 0.2) is 18.2 Å². The first-order chi connectivity index (χ1) is 9.49. The minimum absolute atomic E-state index is 0.0191. The number of carbonyl (C=O) groups excluding carboxylic acids is 1. The summed E-state index contributed by atoms with van der Waals surface area (Å²) in [5.41, 5.74) is 1.65. The molecule has 0 aromatic heterocycles. The monoisotopic (exact) mass is 277 g/mol. The average molecular weight is 277 g/mol. The van der Waals surface area contributed by atoms with Crippen molar-refractivity contribution in [1.29, 1.82) is 0 Å². The molecular weight excluding hydrogens is 258 g/mol. The van der Waals surface area contributed by atoms with Crippen LogP contribution in [0.1, 0.15) is 25.8 Å². The maximum absolute atomic E-state index is 12.1. The predicted molar refractivity (Wildman–Crippen MR) is 77.0 cm³/mol.